The lowest BCUT2D eigenvalue weighted by Gasteiger charge is -2.56. The molecule has 4 aliphatic carbocycles. The molecule has 0 atom stereocenters. The molecule has 0 radical (unpaired) electrons. The molecule has 2 aromatic carbocycles. The second-order valence-corrected chi connectivity index (χ2v) is 11.9. The van der Waals surface area contributed by atoms with Gasteiger partial charge in [0, 0.05) is 16.2 Å². The van der Waals surface area contributed by atoms with Gasteiger partial charge in [-0.15, -0.1) is 0 Å². The van der Waals surface area contributed by atoms with Crippen LogP contribution in [-0.2, 0) is 12.7 Å². The Labute approximate surface area is 220 Å². The third-order valence-corrected chi connectivity index (χ3v) is 9.12. The van der Waals surface area contributed by atoms with Crippen LogP contribution >= 0.6 is 15.9 Å². The molecule has 0 unspecified atom stereocenters. The highest BCUT2D eigenvalue weighted by Gasteiger charge is 2.51. The number of nitrogens with zero attached hydrogens (tertiary/aromatic N) is 2. The van der Waals surface area contributed by atoms with Crippen LogP contribution in [0.3, 0.4) is 0 Å². The number of benzene rings is 2. The Bertz CT molecular complexity index is 1370. The van der Waals surface area contributed by atoms with Crippen molar-refractivity contribution in [3.63, 3.8) is 0 Å². The summed E-state index contributed by atoms with van der Waals surface area (Å²) >= 11 is 3.52. The van der Waals surface area contributed by atoms with Gasteiger partial charge in [0.05, 0.1) is 17.8 Å². The van der Waals surface area contributed by atoms with Gasteiger partial charge in [0.15, 0.2) is 0 Å². The Morgan fingerprint density at radius 3 is 2.14 bits per heavy atom. The molecule has 4 aliphatic rings. The SMILES string of the molecule is O=C(NC12CC3CC(CC(C3)C1)C2)c1cn(Cc2ccccc2Br)n(-c2ccc(C(F)(F)F)cc2)c1=O. The normalized spacial score (nSPS) is 26.4. The van der Waals surface area contributed by atoms with E-state index in [9.17, 15) is 22.8 Å². The van der Waals surface area contributed by atoms with Crippen molar-refractivity contribution in [1.29, 1.82) is 0 Å². The number of hydrogen-bond acceptors (Lipinski definition) is 2. The van der Waals surface area contributed by atoms with Crippen LogP contribution in [0.1, 0.15) is 60.0 Å². The van der Waals surface area contributed by atoms with Crippen molar-refractivity contribution < 1.29 is 18.0 Å². The van der Waals surface area contributed by atoms with Gasteiger partial charge in [-0.1, -0.05) is 34.1 Å². The molecule has 4 bridgehead atoms. The summed E-state index contributed by atoms with van der Waals surface area (Å²) in [5.41, 5.74) is -0.475. The van der Waals surface area contributed by atoms with E-state index in [1.54, 1.807) is 4.68 Å². The van der Waals surface area contributed by atoms with Gasteiger partial charge in [-0.25, -0.2) is 4.68 Å². The van der Waals surface area contributed by atoms with Crippen molar-refractivity contribution in [1.82, 2.24) is 14.7 Å². The van der Waals surface area contributed by atoms with Crippen LogP contribution in [0, 0.1) is 17.8 Å². The third kappa shape index (κ3) is 4.56. The van der Waals surface area contributed by atoms with E-state index in [4.69, 9.17) is 0 Å². The number of hydrogen-bond donors (Lipinski definition) is 1. The van der Waals surface area contributed by atoms with Gasteiger partial charge in [-0.2, -0.15) is 13.2 Å². The Kier molecular flexibility index (Phi) is 5.89. The second kappa shape index (κ2) is 8.89. The fourth-order valence-electron chi connectivity index (χ4n) is 7.20. The van der Waals surface area contributed by atoms with Crippen LogP contribution in [0.4, 0.5) is 13.2 Å². The highest BCUT2D eigenvalue weighted by Crippen LogP contribution is 2.55. The highest BCUT2D eigenvalue weighted by molar-refractivity contribution is 9.10. The number of alkyl halides is 3. The molecule has 4 fully saturated rings. The van der Waals surface area contributed by atoms with Crippen LogP contribution < -0.4 is 10.9 Å². The summed E-state index contributed by atoms with van der Waals surface area (Å²) in [5, 5.41) is 3.25. The van der Waals surface area contributed by atoms with Crippen LogP contribution in [0.15, 0.2) is 64.0 Å². The van der Waals surface area contributed by atoms with E-state index >= 15 is 0 Å². The number of rotatable bonds is 5. The molecular formula is C28H27BrF3N3O2. The maximum Gasteiger partial charge on any atom is 0.416 e. The molecule has 0 aliphatic heterocycles. The van der Waals surface area contributed by atoms with E-state index in [2.05, 4.69) is 21.2 Å². The molecule has 37 heavy (non-hydrogen) atoms. The van der Waals surface area contributed by atoms with Gasteiger partial charge >= 0.3 is 6.18 Å². The average molecular weight is 574 g/mol. The third-order valence-electron chi connectivity index (χ3n) is 8.35. The molecular weight excluding hydrogens is 547 g/mol. The van der Waals surface area contributed by atoms with Crippen molar-refractivity contribution in [3.8, 4) is 5.69 Å². The van der Waals surface area contributed by atoms with Crippen LogP contribution in [-0.4, -0.2) is 20.8 Å². The molecule has 4 saturated carbocycles. The van der Waals surface area contributed by atoms with Crippen LogP contribution in [0.2, 0.25) is 0 Å². The quantitative estimate of drug-likeness (QED) is 0.397. The summed E-state index contributed by atoms with van der Waals surface area (Å²) in [4.78, 5) is 27.2. The molecule has 3 aromatic rings. The standard InChI is InChI=1S/C28H27BrF3N3O2/c29-24-4-2-1-3-20(24)15-34-16-23(26(37)35(34)22-7-5-21(6-8-22)28(30,31)32)25(36)33-27-12-17-9-18(13-27)11-19(10-17)14-27/h1-8,16-19H,9-15H2,(H,33,36). The zero-order valence-electron chi connectivity index (χ0n) is 20.1. The maximum atomic E-state index is 13.6. The first-order chi connectivity index (χ1) is 17.6. The van der Waals surface area contributed by atoms with Gasteiger partial charge in [-0.05, 0) is 92.2 Å². The number of carbonyl (C=O) groups is 1. The summed E-state index contributed by atoms with van der Waals surface area (Å²) in [7, 11) is 0. The molecule has 1 aromatic heterocycles. The minimum atomic E-state index is -4.48. The largest absolute Gasteiger partial charge is 0.416 e. The van der Waals surface area contributed by atoms with Crippen molar-refractivity contribution in [2.45, 2.75) is 56.8 Å². The van der Waals surface area contributed by atoms with Crippen molar-refractivity contribution in [2.24, 2.45) is 17.8 Å². The van der Waals surface area contributed by atoms with E-state index in [0.717, 1.165) is 41.4 Å². The number of aromatic nitrogens is 2. The van der Waals surface area contributed by atoms with Gasteiger partial charge in [0.2, 0.25) is 0 Å². The lowest BCUT2D eigenvalue weighted by Crippen LogP contribution is -2.60. The Hall–Kier alpha value is -2.81. The first-order valence-corrected chi connectivity index (χ1v) is 13.5. The monoisotopic (exact) mass is 573 g/mol. The van der Waals surface area contributed by atoms with Gasteiger partial charge < -0.3 is 5.32 Å². The number of halogens is 4. The average Bonchev–Trinajstić information content (AvgIpc) is 3.14. The maximum absolute atomic E-state index is 13.6. The number of amides is 1. The van der Waals surface area contributed by atoms with Crippen LogP contribution in [0.25, 0.3) is 5.69 Å². The van der Waals surface area contributed by atoms with E-state index in [1.807, 2.05) is 24.3 Å². The van der Waals surface area contributed by atoms with Gasteiger partial charge in [0.25, 0.3) is 11.5 Å². The minimum Gasteiger partial charge on any atom is -0.346 e. The Morgan fingerprint density at radius 1 is 0.973 bits per heavy atom. The fourth-order valence-corrected chi connectivity index (χ4v) is 7.61. The Balaban J connectivity index is 1.37. The van der Waals surface area contributed by atoms with Crippen molar-refractivity contribution >= 4 is 21.8 Å². The molecule has 1 N–H and O–H groups in total. The molecule has 1 heterocycles. The Morgan fingerprint density at radius 2 is 1.57 bits per heavy atom. The van der Waals surface area contributed by atoms with E-state index in [0.29, 0.717) is 17.8 Å². The molecule has 0 saturated heterocycles. The predicted molar refractivity (Wildman–Crippen MR) is 137 cm³/mol. The molecule has 0 spiro atoms. The molecule has 7 rings (SSSR count). The molecule has 9 heteroatoms. The van der Waals surface area contributed by atoms with E-state index in [-0.39, 0.29) is 23.3 Å². The van der Waals surface area contributed by atoms with E-state index < -0.39 is 23.2 Å². The lowest BCUT2D eigenvalue weighted by atomic mass is 9.53. The minimum absolute atomic E-state index is 0.00250. The smallest absolute Gasteiger partial charge is 0.346 e. The predicted octanol–water partition coefficient (Wildman–Crippen LogP) is 6.17. The lowest BCUT2D eigenvalue weighted by molar-refractivity contribution is -0.137. The number of carbonyl (C=O) groups excluding carboxylic acids is 1. The van der Waals surface area contributed by atoms with Crippen LogP contribution in [0.5, 0.6) is 0 Å². The summed E-state index contributed by atoms with van der Waals surface area (Å²) in [6, 6.07) is 11.9. The summed E-state index contributed by atoms with van der Waals surface area (Å²) in [6.45, 7) is 0.252. The zero-order chi connectivity index (χ0) is 25.9. The fraction of sp³-hybridized carbons (Fsp3) is 0.429. The van der Waals surface area contributed by atoms with Gasteiger partial charge in [-0.3, -0.25) is 14.3 Å². The summed E-state index contributed by atoms with van der Waals surface area (Å²) < 4.78 is 43.1. The summed E-state index contributed by atoms with van der Waals surface area (Å²) in [5.74, 6) is 1.50. The second-order valence-electron chi connectivity index (χ2n) is 11.0. The zero-order valence-corrected chi connectivity index (χ0v) is 21.7. The molecule has 1 amide bonds. The first-order valence-electron chi connectivity index (χ1n) is 12.7. The van der Waals surface area contributed by atoms with Crippen molar-refractivity contribution in [3.05, 3.63) is 86.2 Å². The van der Waals surface area contributed by atoms with Gasteiger partial charge in [0.1, 0.15) is 5.56 Å². The highest BCUT2D eigenvalue weighted by atomic mass is 79.9. The topological polar surface area (TPSA) is 56.0 Å². The van der Waals surface area contributed by atoms with E-state index in [1.165, 1.54) is 42.3 Å². The summed E-state index contributed by atoms with van der Waals surface area (Å²) in [6.07, 6.45) is 3.60. The van der Waals surface area contributed by atoms with Crippen molar-refractivity contribution in [2.75, 3.05) is 0 Å². The molecule has 194 valence electrons. The number of nitrogens with one attached hydrogen (secondary N) is 1. The molecule has 5 nitrogen and oxygen atoms in total. The first kappa shape index (κ1) is 24.5.